The van der Waals surface area contributed by atoms with Crippen LogP contribution in [0.2, 0.25) is 0 Å². The highest BCUT2D eigenvalue weighted by Gasteiger charge is 2.27. The van der Waals surface area contributed by atoms with Crippen molar-refractivity contribution < 1.29 is 9.32 Å². The topological polar surface area (TPSA) is 108 Å². The van der Waals surface area contributed by atoms with Gasteiger partial charge < -0.3 is 14.7 Å². The van der Waals surface area contributed by atoms with Gasteiger partial charge in [0.1, 0.15) is 11.8 Å². The molecule has 1 saturated heterocycles. The van der Waals surface area contributed by atoms with Crippen LogP contribution in [0.25, 0.3) is 0 Å². The summed E-state index contributed by atoms with van der Waals surface area (Å²) in [6.45, 7) is 5.30. The molecule has 0 aliphatic carbocycles. The third-order valence-electron chi connectivity index (χ3n) is 4.23. The zero-order valence-corrected chi connectivity index (χ0v) is 14.3. The second kappa shape index (κ2) is 7.30. The summed E-state index contributed by atoms with van der Waals surface area (Å²) >= 11 is 0. The number of carbonyl (C=O) groups is 1. The SMILES string of the molecule is CC(C)c1noc(C2CCN(C(=O)Nc3ccc(C#N)nc3)CC2)n1. The molecule has 3 rings (SSSR count). The summed E-state index contributed by atoms with van der Waals surface area (Å²) in [4.78, 5) is 22.5. The number of amides is 2. The molecule has 0 radical (unpaired) electrons. The third-order valence-corrected chi connectivity index (χ3v) is 4.23. The van der Waals surface area contributed by atoms with E-state index in [0.29, 0.717) is 30.4 Å². The Morgan fingerprint density at radius 3 is 2.72 bits per heavy atom. The predicted octanol–water partition coefficient (Wildman–Crippen LogP) is 2.87. The van der Waals surface area contributed by atoms with E-state index in [2.05, 4.69) is 20.4 Å². The fourth-order valence-electron chi connectivity index (χ4n) is 2.71. The number of nitrogens with zero attached hydrogens (tertiary/aromatic N) is 5. The number of carbonyl (C=O) groups excluding carboxylic acids is 1. The normalized spacial score (nSPS) is 15.2. The largest absolute Gasteiger partial charge is 0.339 e. The maximum atomic E-state index is 12.3. The van der Waals surface area contributed by atoms with E-state index in [1.54, 1.807) is 17.0 Å². The minimum atomic E-state index is -0.168. The molecule has 25 heavy (non-hydrogen) atoms. The van der Waals surface area contributed by atoms with Crippen LogP contribution >= 0.6 is 0 Å². The van der Waals surface area contributed by atoms with E-state index >= 15 is 0 Å². The van der Waals surface area contributed by atoms with E-state index in [9.17, 15) is 4.79 Å². The first-order valence-corrected chi connectivity index (χ1v) is 8.32. The number of rotatable bonds is 3. The molecule has 130 valence electrons. The van der Waals surface area contributed by atoms with Crippen LogP contribution in [0.1, 0.15) is 55.9 Å². The standard InChI is InChI=1S/C17H20N6O2/c1-11(2)15-21-16(25-22-15)12-5-7-23(8-6-12)17(24)20-14-4-3-13(9-18)19-10-14/h3-4,10-12H,5-8H2,1-2H3,(H,20,24). The molecule has 2 aromatic heterocycles. The molecule has 0 bridgehead atoms. The van der Waals surface area contributed by atoms with E-state index < -0.39 is 0 Å². The fourth-order valence-corrected chi connectivity index (χ4v) is 2.71. The Hall–Kier alpha value is -2.95. The molecule has 8 nitrogen and oxygen atoms in total. The molecule has 8 heteroatoms. The lowest BCUT2D eigenvalue weighted by Gasteiger charge is -2.30. The summed E-state index contributed by atoms with van der Waals surface area (Å²) in [5, 5.41) is 15.5. The molecule has 0 aromatic carbocycles. The van der Waals surface area contributed by atoms with Gasteiger partial charge in [0, 0.05) is 24.9 Å². The molecule has 1 aliphatic rings. The van der Waals surface area contributed by atoms with Crippen LogP contribution in [0, 0.1) is 11.3 Å². The average Bonchev–Trinajstić information content (AvgIpc) is 3.13. The van der Waals surface area contributed by atoms with Crippen LogP contribution in [0.4, 0.5) is 10.5 Å². The van der Waals surface area contributed by atoms with E-state index in [1.165, 1.54) is 6.20 Å². The highest BCUT2D eigenvalue weighted by Crippen LogP contribution is 2.28. The maximum Gasteiger partial charge on any atom is 0.321 e. The lowest BCUT2D eigenvalue weighted by molar-refractivity contribution is 0.187. The molecule has 0 spiro atoms. The van der Waals surface area contributed by atoms with Crippen LogP contribution in [0.5, 0.6) is 0 Å². The molecule has 1 fully saturated rings. The zero-order chi connectivity index (χ0) is 17.8. The molecule has 1 N–H and O–H groups in total. The molecule has 2 amide bonds. The van der Waals surface area contributed by atoms with Gasteiger partial charge in [0.25, 0.3) is 0 Å². The fraction of sp³-hybridized carbons (Fsp3) is 0.471. The van der Waals surface area contributed by atoms with Crippen molar-refractivity contribution in [1.82, 2.24) is 20.0 Å². The van der Waals surface area contributed by atoms with Crippen LogP contribution in [-0.4, -0.2) is 39.1 Å². The minimum absolute atomic E-state index is 0.168. The van der Waals surface area contributed by atoms with Gasteiger partial charge in [-0.3, -0.25) is 0 Å². The quantitative estimate of drug-likeness (QED) is 0.920. The monoisotopic (exact) mass is 340 g/mol. The van der Waals surface area contributed by atoms with Crippen molar-refractivity contribution in [1.29, 1.82) is 5.26 Å². The zero-order valence-electron chi connectivity index (χ0n) is 14.3. The molecule has 0 atom stereocenters. The van der Waals surface area contributed by atoms with Gasteiger partial charge in [-0.15, -0.1) is 0 Å². The average molecular weight is 340 g/mol. The van der Waals surface area contributed by atoms with E-state index in [0.717, 1.165) is 18.7 Å². The third kappa shape index (κ3) is 3.94. The van der Waals surface area contributed by atoms with Gasteiger partial charge in [-0.1, -0.05) is 19.0 Å². The van der Waals surface area contributed by atoms with Crippen molar-refractivity contribution in [3.63, 3.8) is 0 Å². The molecule has 3 heterocycles. The number of anilines is 1. The Morgan fingerprint density at radius 2 is 2.16 bits per heavy atom. The summed E-state index contributed by atoms with van der Waals surface area (Å²) in [5.74, 6) is 1.83. The second-order valence-corrected chi connectivity index (χ2v) is 6.38. The molecule has 0 saturated carbocycles. The van der Waals surface area contributed by atoms with Gasteiger partial charge in [-0.25, -0.2) is 9.78 Å². The summed E-state index contributed by atoms with van der Waals surface area (Å²) < 4.78 is 5.36. The first-order valence-electron chi connectivity index (χ1n) is 8.32. The van der Waals surface area contributed by atoms with Gasteiger partial charge >= 0.3 is 6.03 Å². The lowest BCUT2D eigenvalue weighted by atomic mass is 9.97. The van der Waals surface area contributed by atoms with Crippen LogP contribution in [0.15, 0.2) is 22.9 Å². The number of hydrogen-bond donors (Lipinski definition) is 1. The Kier molecular flexibility index (Phi) is 4.93. The first kappa shape index (κ1) is 16.9. The van der Waals surface area contributed by atoms with Crippen molar-refractivity contribution in [3.8, 4) is 6.07 Å². The summed E-state index contributed by atoms with van der Waals surface area (Å²) in [6, 6.07) is 5.02. The summed E-state index contributed by atoms with van der Waals surface area (Å²) in [7, 11) is 0. The highest BCUT2D eigenvalue weighted by molar-refractivity contribution is 5.89. The van der Waals surface area contributed by atoms with Gasteiger partial charge in [-0.2, -0.15) is 10.2 Å². The molecular formula is C17H20N6O2. The van der Waals surface area contributed by atoms with Crippen molar-refractivity contribution in [2.45, 2.75) is 38.5 Å². The van der Waals surface area contributed by atoms with Crippen molar-refractivity contribution >= 4 is 11.7 Å². The Labute approximate surface area is 145 Å². The van der Waals surface area contributed by atoms with Gasteiger partial charge in [-0.05, 0) is 25.0 Å². The van der Waals surface area contributed by atoms with Gasteiger partial charge in [0.15, 0.2) is 5.82 Å². The molecule has 1 aliphatic heterocycles. The number of urea groups is 1. The van der Waals surface area contributed by atoms with E-state index in [1.807, 2.05) is 19.9 Å². The summed E-state index contributed by atoms with van der Waals surface area (Å²) in [6.07, 6.45) is 3.06. The van der Waals surface area contributed by atoms with Crippen LogP contribution in [0.3, 0.4) is 0 Å². The lowest BCUT2D eigenvalue weighted by Crippen LogP contribution is -2.40. The predicted molar refractivity (Wildman–Crippen MR) is 89.9 cm³/mol. The van der Waals surface area contributed by atoms with Crippen molar-refractivity contribution in [3.05, 3.63) is 35.7 Å². The Morgan fingerprint density at radius 1 is 1.40 bits per heavy atom. The summed E-state index contributed by atoms with van der Waals surface area (Å²) in [5.41, 5.74) is 0.892. The molecular weight excluding hydrogens is 320 g/mol. The van der Waals surface area contributed by atoms with E-state index in [4.69, 9.17) is 9.78 Å². The highest BCUT2D eigenvalue weighted by atomic mass is 16.5. The minimum Gasteiger partial charge on any atom is -0.339 e. The van der Waals surface area contributed by atoms with Crippen molar-refractivity contribution in [2.24, 2.45) is 0 Å². The maximum absolute atomic E-state index is 12.3. The number of piperidine rings is 1. The van der Waals surface area contributed by atoms with Crippen LogP contribution in [-0.2, 0) is 0 Å². The number of hydrogen-bond acceptors (Lipinski definition) is 6. The van der Waals surface area contributed by atoms with E-state index in [-0.39, 0.29) is 17.9 Å². The Balaban J connectivity index is 1.54. The van der Waals surface area contributed by atoms with Gasteiger partial charge in [0.05, 0.1) is 11.9 Å². The van der Waals surface area contributed by atoms with Gasteiger partial charge in [0.2, 0.25) is 5.89 Å². The number of likely N-dealkylation sites (tertiary alicyclic amines) is 1. The number of pyridine rings is 1. The number of nitrogens with one attached hydrogen (secondary N) is 1. The number of nitriles is 1. The number of aromatic nitrogens is 3. The van der Waals surface area contributed by atoms with Crippen LogP contribution < -0.4 is 5.32 Å². The Bertz CT molecular complexity index is 769. The molecule has 0 unspecified atom stereocenters. The first-order chi connectivity index (χ1) is 12.1. The molecule has 2 aromatic rings. The smallest absolute Gasteiger partial charge is 0.321 e. The van der Waals surface area contributed by atoms with Crippen molar-refractivity contribution in [2.75, 3.05) is 18.4 Å². The second-order valence-electron chi connectivity index (χ2n) is 6.38.